The van der Waals surface area contributed by atoms with E-state index in [1.165, 1.54) is 12.3 Å². The summed E-state index contributed by atoms with van der Waals surface area (Å²) in [5.41, 5.74) is 0.260. The second kappa shape index (κ2) is 5.79. The SMILES string of the molecule is O=C(c1ncccc1O)N1CC[C@@]23O[C@H](c4ccccc4)CN2C(=O)C[C@@H]13. The maximum Gasteiger partial charge on any atom is 0.276 e. The molecule has 0 aliphatic carbocycles. The first-order valence-corrected chi connectivity index (χ1v) is 9.08. The van der Waals surface area contributed by atoms with Crippen LogP contribution in [0.2, 0.25) is 0 Å². The van der Waals surface area contributed by atoms with Crippen LogP contribution in [0, 0.1) is 0 Å². The highest BCUT2D eigenvalue weighted by atomic mass is 16.5. The first-order valence-electron chi connectivity index (χ1n) is 9.08. The maximum absolute atomic E-state index is 13.0. The summed E-state index contributed by atoms with van der Waals surface area (Å²) in [6, 6.07) is 12.5. The Morgan fingerprint density at radius 1 is 1.22 bits per heavy atom. The molecule has 3 fully saturated rings. The van der Waals surface area contributed by atoms with Crippen LogP contribution in [0.15, 0.2) is 48.7 Å². The third kappa shape index (κ3) is 2.28. The summed E-state index contributed by atoms with van der Waals surface area (Å²) in [6.07, 6.45) is 2.08. The normalized spacial score (nSPS) is 29.1. The van der Waals surface area contributed by atoms with E-state index >= 15 is 0 Å². The van der Waals surface area contributed by atoms with E-state index in [1.54, 1.807) is 15.9 Å². The highest BCUT2D eigenvalue weighted by molar-refractivity contribution is 5.96. The smallest absolute Gasteiger partial charge is 0.276 e. The van der Waals surface area contributed by atoms with Gasteiger partial charge in [0, 0.05) is 19.2 Å². The van der Waals surface area contributed by atoms with Gasteiger partial charge in [-0.2, -0.15) is 0 Å². The van der Waals surface area contributed by atoms with Crippen LogP contribution in [0.25, 0.3) is 0 Å². The topological polar surface area (TPSA) is 83.0 Å². The fourth-order valence-electron chi connectivity index (χ4n) is 4.61. The van der Waals surface area contributed by atoms with Crippen LogP contribution >= 0.6 is 0 Å². The molecule has 0 saturated carbocycles. The highest BCUT2D eigenvalue weighted by Gasteiger charge is 2.65. The lowest BCUT2D eigenvalue weighted by Crippen LogP contribution is -2.48. The van der Waals surface area contributed by atoms with Gasteiger partial charge in [-0.1, -0.05) is 30.3 Å². The molecule has 138 valence electrons. The summed E-state index contributed by atoms with van der Waals surface area (Å²) in [5.74, 6) is -0.517. The number of aromatic nitrogens is 1. The van der Waals surface area contributed by atoms with E-state index < -0.39 is 5.72 Å². The zero-order chi connectivity index (χ0) is 18.6. The van der Waals surface area contributed by atoms with E-state index in [0.717, 1.165) is 5.56 Å². The van der Waals surface area contributed by atoms with Crippen molar-refractivity contribution in [1.82, 2.24) is 14.8 Å². The number of ether oxygens (including phenoxy) is 1. The number of pyridine rings is 1. The molecule has 1 N–H and O–H groups in total. The summed E-state index contributed by atoms with van der Waals surface area (Å²) < 4.78 is 6.43. The van der Waals surface area contributed by atoms with E-state index in [2.05, 4.69) is 4.98 Å². The molecule has 2 amide bonds. The first-order chi connectivity index (χ1) is 13.1. The van der Waals surface area contributed by atoms with Crippen LogP contribution in [0.4, 0.5) is 0 Å². The fourth-order valence-corrected chi connectivity index (χ4v) is 4.61. The molecule has 7 nitrogen and oxygen atoms in total. The molecule has 7 heteroatoms. The number of hydrogen-bond acceptors (Lipinski definition) is 5. The van der Waals surface area contributed by atoms with Crippen LogP contribution in [0.1, 0.15) is 35.0 Å². The quantitative estimate of drug-likeness (QED) is 0.876. The van der Waals surface area contributed by atoms with E-state index in [9.17, 15) is 14.7 Å². The van der Waals surface area contributed by atoms with Crippen molar-refractivity contribution in [3.8, 4) is 5.75 Å². The van der Waals surface area contributed by atoms with Gasteiger partial charge in [0.15, 0.2) is 11.4 Å². The van der Waals surface area contributed by atoms with Crippen LogP contribution < -0.4 is 0 Å². The van der Waals surface area contributed by atoms with Gasteiger partial charge in [-0.15, -0.1) is 0 Å². The van der Waals surface area contributed by atoms with Crippen LogP contribution in [0.5, 0.6) is 5.75 Å². The molecule has 27 heavy (non-hydrogen) atoms. The standard InChI is InChI=1S/C20H19N3O4/c24-14-7-4-9-21-18(14)19(26)22-10-8-20-16(22)11-17(25)23(20)12-15(27-20)13-5-2-1-3-6-13/h1-7,9,15-16,24H,8,10-12H2/t15-,16+,20-/m0/s1. The molecule has 5 rings (SSSR count). The number of benzene rings is 1. The molecular weight excluding hydrogens is 346 g/mol. The summed E-state index contributed by atoms with van der Waals surface area (Å²) in [4.78, 5) is 33.1. The van der Waals surface area contributed by atoms with E-state index in [4.69, 9.17) is 4.74 Å². The zero-order valence-electron chi connectivity index (χ0n) is 14.6. The molecule has 4 heterocycles. The zero-order valence-corrected chi connectivity index (χ0v) is 14.6. The van der Waals surface area contributed by atoms with Crippen molar-refractivity contribution in [3.63, 3.8) is 0 Å². The van der Waals surface area contributed by atoms with Gasteiger partial charge in [0.05, 0.1) is 19.0 Å². The van der Waals surface area contributed by atoms with Crippen LogP contribution in [0.3, 0.4) is 0 Å². The van der Waals surface area contributed by atoms with Crippen molar-refractivity contribution in [2.75, 3.05) is 13.1 Å². The van der Waals surface area contributed by atoms with Crippen molar-refractivity contribution in [3.05, 3.63) is 59.9 Å². The van der Waals surface area contributed by atoms with Gasteiger partial charge < -0.3 is 19.6 Å². The molecule has 3 saturated heterocycles. The molecule has 3 aliphatic rings. The van der Waals surface area contributed by atoms with Crippen molar-refractivity contribution >= 4 is 11.8 Å². The van der Waals surface area contributed by atoms with Gasteiger partial charge in [0.2, 0.25) is 5.91 Å². The molecule has 0 bridgehead atoms. The van der Waals surface area contributed by atoms with Gasteiger partial charge in [0.25, 0.3) is 5.91 Å². The van der Waals surface area contributed by atoms with Crippen molar-refractivity contribution in [2.45, 2.75) is 30.7 Å². The molecule has 2 aromatic rings. The Bertz CT molecular complexity index is 918. The van der Waals surface area contributed by atoms with E-state index in [1.807, 2.05) is 30.3 Å². The fraction of sp³-hybridized carbons (Fsp3) is 0.350. The van der Waals surface area contributed by atoms with Gasteiger partial charge in [0.1, 0.15) is 11.9 Å². The largest absolute Gasteiger partial charge is 0.505 e. The number of hydrogen-bond donors (Lipinski definition) is 1. The van der Waals surface area contributed by atoms with Gasteiger partial charge in [-0.25, -0.2) is 4.98 Å². The molecule has 3 atom stereocenters. The van der Waals surface area contributed by atoms with Crippen molar-refractivity contribution in [2.24, 2.45) is 0 Å². The number of nitrogens with zero attached hydrogens (tertiary/aromatic N) is 3. The minimum atomic E-state index is -0.780. The predicted molar refractivity (Wildman–Crippen MR) is 94.7 cm³/mol. The van der Waals surface area contributed by atoms with E-state index in [-0.39, 0.29) is 41.8 Å². The number of amides is 2. The third-order valence-corrected chi connectivity index (χ3v) is 5.85. The number of carbonyl (C=O) groups excluding carboxylic acids is 2. The minimum Gasteiger partial charge on any atom is -0.505 e. The van der Waals surface area contributed by atoms with E-state index in [0.29, 0.717) is 19.5 Å². The summed E-state index contributed by atoms with van der Waals surface area (Å²) in [7, 11) is 0. The lowest BCUT2D eigenvalue weighted by atomic mass is 10.1. The minimum absolute atomic E-state index is 0.00109. The third-order valence-electron chi connectivity index (χ3n) is 5.85. The monoisotopic (exact) mass is 365 g/mol. The number of aromatic hydroxyl groups is 1. The Morgan fingerprint density at radius 3 is 2.81 bits per heavy atom. The number of carbonyl (C=O) groups is 2. The van der Waals surface area contributed by atoms with Gasteiger partial charge in [-0.3, -0.25) is 9.59 Å². The second-order valence-corrected chi connectivity index (χ2v) is 7.21. The average Bonchev–Trinajstić information content (AvgIpc) is 3.31. The molecule has 3 aliphatic heterocycles. The molecule has 0 unspecified atom stereocenters. The molecule has 0 radical (unpaired) electrons. The average molecular weight is 365 g/mol. The Balaban J connectivity index is 1.46. The van der Waals surface area contributed by atoms with Crippen molar-refractivity contribution < 1.29 is 19.4 Å². The lowest BCUT2D eigenvalue weighted by Gasteiger charge is -2.31. The second-order valence-electron chi connectivity index (χ2n) is 7.21. The Hall–Kier alpha value is -2.93. The molecule has 1 aromatic heterocycles. The number of rotatable bonds is 2. The summed E-state index contributed by atoms with van der Waals surface area (Å²) >= 11 is 0. The Morgan fingerprint density at radius 2 is 2.04 bits per heavy atom. The number of likely N-dealkylation sites (tertiary alicyclic amines) is 1. The lowest BCUT2D eigenvalue weighted by molar-refractivity contribution is -0.138. The van der Waals surface area contributed by atoms with Gasteiger partial charge >= 0.3 is 0 Å². The Labute approximate surface area is 156 Å². The first kappa shape index (κ1) is 16.3. The molecular formula is C20H19N3O4. The molecule has 1 aromatic carbocycles. The van der Waals surface area contributed by atoms with Crippen LogP contribution in [-0.2, 0) is 9.53 Å². The predicted octanol–water partition coefficient (Wildman–Crippen LogP) is 1.70. The summed E-state index contributed by atoms with van der Waals surface area (Å²) in [5, 5.41) is 9.99. The maximum atomic E-state index is 13.0. The Kier molecular flexibility index (Phi) is 3.48. The highest BCUT2D eigenvalue weighted by Crippen LogP contribution is 2.50. The summed E-state index contributed by atoms with van der Waals surface area (Å²) in [6.45, 7) is 0.959. The van der Waals surface area contributed by atoms with Gasteiger partial charge in [-0.05, 0) is 17.7 Å². The molecule has 1 spiro atoms. The van der Waals surface area contributed by atoms with Crippen LogP contribution in [-0.4, -0.2) is 56.6 Å². The van der Waals surface area contributed by atoms with Crippen molar-refractivity contribution in [1.29, 1.82) is 0 Å².